The second-order valence-electron chi connectivity index (χ2n) is 5.95. The maximum Gasteiger partial charge on any atom is 0.144 e. The van der Waals surface area contributed by atoms with Crippen LogP contribution >= 0.6 is 0 Å². The maximum absolute atomic E-state index is 5.93. The molecule has 0 amide bonds. The predicted octanol–water partition coefficient (Wildman–Crippen LogP) is 3.34. The lowest BCUT2D eigenvalue weighted by Gasteiger charge is -2.24. The number of benzene rings is 1. The number of nitrogens with zero attached hydrogens (tertiary/aromatic N) is 1. The van der Waals surface area contributed by atoms with Crippen LogP contribution in [-0.2, 0) is 0 Å². The quantitative estimate of drug-likeness (QED) is 0.721. The molecule has 0 aromatic heterocycles. The molecule has 1 aliphatic carbocycles. The van der Waals surface area contributed by atoms with Gasteiger partial charge >= 0.3 is 0 Å². The van der Waals surface area contributed by atoms with Crippen LogP contribution in [0, 0.1) is 0 Å². The molecule has 4 heteroatoms. The minimum absolute atomic E-state index is 0.706. The first-order chi connectivity index (χ1) is 10.2. The van der Waals surface area contributed by atoms with Crippen LogP contribution in [0.1, 0.15) is 39.0 Å². The van der Waals surface area contributed by atoms with Gasteiger partial charge in [-0.1, -0.05) is 19.8 Å². The summed E-state index contributed by atoms with van der Waals surface area (Å²) in [6, 6.07) is 6.71. The summed E-state index contributed by atoms with van der Waals surface area (Å²) >= 11 is 0. The Labute approximate surface area is 128 Å². The predicted molar refractivity (Wildman–Crippen MR) is 90.0 cm³/mol. The molecule has 21 heavy (non-hydrogen) atoms. The molecular formula is C17H29N3O. The Kier molecular flexibility index (Phi) is 6.18. The fraction of sp³-hybridized carbons (Fsp3) is 0.647. The van der Waals surface area contributed by atoms with Gasteiger partial charge in [-0.25, -0.2) is 0 Å². The van der Waals surface area contributed by atoms with Gasteiger partial charge in [0.2, 0.25) is 0 Å². The Balaban J connectivity index is 1.79. The van der Waals surface area contributed by atoms with Crippen molar-refractivity contribution < 1.29 is 4.74 Å². The van der Waals surface area contributed by atoms with E-state index in [-0.39, 0.29) is 0 Å². The lowest BCUT2D eigenvalue weighted by molar-refractivity contribution is 0.254. The molecule has 0 spiro atoms. The van der Waals surface area contributed by atoms with E-state index in [0.717, 1.165) is 37.0 Å². The van der Waals surface area contributed by atoms with Gasteiger partial charge in [-0.15, -0.1) is 0 Å². The molecule has 4 nitrogen and oxygen atoms in total. The molecule has 0 unspecified atom stereocenters. The van der Waals surface area contributed by atoms with Crippen molar-refractivity contribution in [2.24, 2.45) is 0 Å². The van der Waals surface area contributed by atoms with Crippen molar-refractivity contribution in [3.8, 4) is 5.75 Å². The highest BCUT2D eigenvalue weighted by Crippen LogP contribution is 2.26. The van der Waals surface area contributed by atoms with Crippen LogP contribution in [0.2, 0.25) is 0 Å². The lowest BCUT2D eigenvalue weighted by atomic mass is 10.2. The van der Waals surface area contributed by atoms with Crippen molar-refractivity contribution in [2.75, 3.05) is 37.8 Å². The molecule has 1 aliphatic rings. The van der Waals surface area contributed by atoms with Gasteiger partial charge in [-0.3, -0.25) is 0 Å². The number of anilines is 2. The Morgan fingerprint density at radius 1 is 1.33 bits per heavy atom. The molecule has 0 atom stereocenters. The van der Waals surface area contributed by atoms with E-state index in [1.165, 1.54) is 25.7 Å². The summed E-state index contributed by atoms with van der Waals surface area (Å²) < 4.78 is 5.66. The Bertz CT molecular complexity index is 430. The second-order valence-corrected chi connectivity index (χ2v) is 5.95. The third-order valence-electron chi connectivity index (χ3n) is 4.22. The van der Waals surface area contributed by atoms with Gasteiger partial charge < -0.3 is 20.7 Å². The summed E-state index contributed by atoms with van der Waals surface area (Å²) in [4.78, 5) is 2.48. The van der Waals surface area contributed by atoms with Crippen molar-refractivity contribution in [1.82, 2.24) is 4.90 Å². The van der Waals surface area contributed by atoms with Crippen molar-refractivity contribution in [3.63, 3.8) is 0 Å². The normalized spacial score (nSPS) is 15.6. The van der Waals surface area contributed by atoms with E-state index in [2.05, 4.69) is 24.2 Å². The zero-order valence-corrected chi connectivity index (χ0v) is 13.4. The fourth-order valence-electron chi connectivity index (χ4n) is 2.89. The van der Waals surface area contributed by atoms with Crippen LogP contribution in [0.4, 0.5) is 11.4 Å². The van der Waals surface area contributed by atoms with Gasteiger partial charge in [-0.05, 0) is 38.4 Å². The topological polar surface area (TPSA) is 50.5 Å². The summed E-state index contributed by atoms with van der Waals surface area (Å²) in [5.74, 6) is 0.783. The summed E-state index contributed by atoms with van der Waals surface area (Å²) in [5.41, 5.74) is 7.71. The third-order valence-corrected chi connectivity index (χ3v) is 4.22. The van der Waals surface area contributed by atoms with Gasteiger partial charge in [-0.2, -0.15) is 0 Å². The highest BCUT2D eigenvalue weighted by Gasteiger charge is 2.18. The Hall–Kier alpha value is -1.42. The lowest BCUT2D eigenvalue weighted by Crippen LogP contribution is -2.33. The first-order valence-corrected chi connectivity index (χ1v) is 8.17. The SMILES string of the molecule is CCCOc1cc(NCCN(C)C2CCCC2)ccc1N. The van der Waals surface area contributed by atoms with Crippen LogP contribution in [-0.4, -0.2) is 37.7 Å². The van der Waals surface area contributed by atoms with E-state index in [9.17, 15) is 0 Å². The minimum atomic E-state index is 0.706. The smallest absolute Gasteiger partial charge is 0.144 e. The minimum Gasteiger partial charge on any atom is -0.491 e. The van der Waals surface area contributed by atoms with Crippen LogP contribution in [0.5, 0.6) is 5.75 Å². The van der Waals surface area contributed by atoms with Crippen molar-refractivity contribution in [1.29, 1.82) is 0 Å². The molecule has 0 bridgehead atoms. The Morgan fingerprint density at radius 2 is 2.10 bits per heavy atom. The molecule has 3 N–H and O–H groups in total. The van der Waals surface area contributed by atoms with Crippen LogP contribution < -0.4 is 15.8 Å². The monoisotopic (exact) mass is 291 g/mol. The number of nitrogens with two attached hydrogens (primary N) is 1. The molecule has 1 saturated carbocycles. The first kappa shape index (κ1) is 16.0. The highest BCUT2D eigenvalue weighted by molar-refractivity contribution is 5.61. The van der Waals surface area contributed by atoms with Gasteiger partial charge in [0, 0.05) is 30.9 Å². The molecule has 1 aromatic carbocycles. The summed E-state index contributed by atoms with van der Waals surface area (Å²) in [6.07, 6.45) is 6.47. The van der Waals surface area contributed by atoms with E-state index in [0.29, 0.717) is 12.3 Å². The average molecular weight is 291 g/mol. The summed E-state index contributed by atoms with van der Waals surface area (Å²) in [6.45, 7) is 4.82. The van der Waals surface area contributed by atoms with E-state index in [4.69, 9.17) is 10.5 Å². The molecule has 0 radical (unpaired) electrons. The molecule has 0 heterocycles. The van der Waals surface area contributed by atoms with Gasteiger partial charge in [0.25, 0.3) is 0 Å². The first-order valence-electron chi connectivity index (χ1n) is 8.17. The zero-order chi connectivity index (χ0) is 15.1. The molecule has 0 saturated heterocycles. The summed E-state index contributed by atoms with van der Waals surface area (Å²) in [7, 11) is 2.23. The number of nitrogen functional groups attached to an aromatic ring is 1. The van der Waals surface area contributed by atoms with Crippen LogP contribution in [0.25, 0.3) is 0 Å². The van der Waals surface area contributed by atoms with Crippen LogP contribution in [0.15, 0.2) is 18.2 Å². The zero-order valence-electron chi connectivity index (χ0n) is 13.4. The van der Waals surface area contributed by atoms with E-state index in [1.807, 2.05) is 18.2 Å². The number of rotatable bonds is 8. The average Bonchev–Trinajstić information content (AvgIpc) is 3.02. The van der Waals surface area contributed by atoms with Crippen molar-refractivity contribution in [2.45, 2.75) is 45.1 Å². The van der Waals surface area contributed by atoms with Gasteiger partial charge in [0.1, 0.15) is 5.75 Å². The number of nitrogens with one attached hydrogen (secondary N) is 1. The van der Waals surface area contributed by atoms with Crippen molar-refractivity contribution in [3.05, 3.63) is 18.2 Å². The summed E-state index contributed by atoms with van der Waals surface area (Å²) in [5, 5.41) is 3.47. The second kappa shape index (κ2) is 8.13. The third kappa shape index (κ3) is 4.81. The molecule has 2 rings (SSSR count). The molecule has 118 valence electrons. The highest BCUT2D eigenvalue weighted by atomic mass is 16.5. The molecule has 1 fully saturated rings. The number of likely N-dealkylation sites (N-methyl/N-ethyl adjacent to an activating group) is 1. The van der Waals surface area contributed by atoms with Gasteiger partial charge in [0.15, 0.2) is 0 Å². The maximum atomic E-state index is 5.93. The molecule has 1 aromatic rings. The van der Waals surface area contributed by atoms with Crippen molar-refractivity contribution >= 4 is 11.4 Å². The fourth-order valence-corrected chi connectivity index (χ4v) is 2.89. The molecule has 0 aliphatic heterocycles. The largest absolute Gasteiger partial charge is 0.491 e. The number of hydrogen-bond acceptors (Lipinski definition) is 4. The number of ether oxygens (including phenoxy) is 1. The molecular weight excluding hydrogens is 262 g/mol. The van der Waals surface area contributed by atoms with Gasteiger partial charge in [0.05, 0.1) is 12.3 Å². The number of hydrogen-bond donors (Lipinski definition) is 2. The Morgan fingerprint density at radius 3 is 2.81 bits per heavy atom. The standard InChI is InChI=1S/C17H29N3O/c1-3-12-21-17-13-14(8-9-16(17)18)19-10-11-20(2)15-6-4-5-7-15/h8-9,13,15,19H,3-7,10-12,18H2,1-2H3. The van der Waals surface area contributed by atoms with E-state index >= 15 is 0 Å². The van der Waals surface area contributed by atoms with Crippen LogP contribution in [0.3, 0.4) is 0 Å². The van der Waals surface area contributed by atoms with E-state index in [1.54, 1.807) is 0 Å². The van der Waals surface area contributed by atoms with E-state index < -0.39 is 0 Å².